The first kappa shape index (κ1) is 16.1. The van der Waals surface area contributed by atoms with E-state index in [0.29, 0.717) is 23.5 Å². The third-order valence-corrected chi connectivity index (χ3v) is 3.96. The molecule has 2 aromatic carbocycles. The number of nitrogens with zero attached hydrogens (tertiary/aromatic N) is 2. The molecular formula is C18H16ClN3O2. The fourth-order valence-electron chi connectivity index (χ4n) is 2.45. The Balaban J connectivity index is 1.84. The minimum atomic E-state index is -0.359. The number of anilines is 1. The van der Waals surface area contributed by atoms with Gasteiger partial charge in [-0.15, -0.1) is 0 Å². The third kappa shape index (κ3) is 3.41. The van der Waals surface area contributed by atoms with Gasteiger partial charge in [-0.1, -0.05) is 48.0 Å². The predicted octanol–water partition coefficient (Wildman–Crippen LogP) is 3.85. The fourth-order valence-corrected chi connectivity index (χ4v) is 2.77. The number of benzene rings is 2. The third-order valence-electron chi connectivity index (χ3n) is 3.57. The molecule has 0 saturated carbocycles. The summed E-state index contributed by atoms with van der Waals surface area (Å²) in [5.41, 5.74) is 2.41. The first-order valence-electron chi connectivity index (χ1n) is 7.42. The van der Waals surface area contributed by atoms with Crippen molar-refractivity contribution in [1.29, 1.82) is 0 Å². The van der Waals surface area contributed by atoms with Gasteiger partial charge in [0.2, 0.25) is 0 Å². The number of phenolic OH excluding ortho intramolecular Hbond substituents is 1. The Morgan fingerprint density at radius 3 is 2.67 bits per heavy atom. The lowest BCUT2D eigenvalue weighted by molar-refractivity contribution is 0.102. The lowest BCUT2D eigenvalue weighted by Crippen LogP contribution is -2.13. The Hall–Kier alpha value is -2.79. The molecule has 1 heterocycles. The van der Waals surface area contributed by atoms with Gasteiger partial charge in [-0.2, -0.15) is 5.10 Å². The van der Waals surface area contributed by atoms with E-state index < -0.39 is 0 Å². The maximum Gasteiger partial charge on any atom is 0.260 e. The lowest BCUT2D eigenvalue weighted by atomic mass is 10.2. The number of aromatic hydroxyl groups is 1. The highest BCUT2D eigenvalue weighted by Crippen LogP contribution is 2.23. The smallest absolute Gasteiger partial charge is 0.260 e. The Kier molecular flexibility index (Phi) is 4.53. The van der Waals surface area contributed by atoms with Crippen molar-refractivity contribution in [2.75, 3.05) is 5.32 Å². The van der Waals surface area contributed by atoms with Crippen molar-refractivity contribution in [2.24, 2.45) is 0 Å². The van der Waals surface area contributed by atoms with Gasteiger partial charge in [0.15, 0.2) is 0 Å². The number of aromatic nitrogens is 2. The SMILES string of the molecule is Cc1nn(Cc2ccccc2)c(Cl)c1C(=O)Nc1cccc(O)c1. The number of halogens is 1. The molecule has 3 aromatic rings. The average Bonchev–Trinajstić information content (AvgIpc) is 2.82. The fraction of sp³-hybridized carbons (Fsp3) is 0.111. The van der Waals surface area contributed by atoms with Crippen LogP contribution in [0.1, 0.15) is 21.6 Å². The number of carbonyl (C=O) groups is 1. The van der Waals surface area contributed by atoms with E-state index in [4.69, 9.17) is 11.6 Å². The predicted molar refractivity (Wildman–Crippen MR) is 93.6 cm³/mol. The first-order chi connectivity index (χ1) is 11.5. The van der Waals surface area contributed by atoms with Crippen molar-refractivity contribution < 1.29 is 9.90 Å². The minimum absolute atomic E-state index is 0.0791. The van der Waals surface area contributed by atoms with Crippen molar-refractivity contribution in [1.82, 2.24) is 9.78 Å². The number of nitrogens with one attached hydrogen (secondary N) is 1. The minimum Gasteiger partial charge on any atom is -0.508 e. The van der Waals surface area contributed by atoms with E-state index in [9.17, 15) is 9.90 Å². The van der Waals surface area contributed by atoms with Crippen LogP contribution in [0, 0.1) is 6.92 Å². The molecule has 0 aliphatic carbocycles. The van der Waals surface area contributed by atoms with Gasteiger partial charge in [-0.25, -0.2) is 4.68 Å². The summed E-state index contributed by atoms with van der Waals surface area (Å²) in [4.78, 5) is 12.5. The van der Waals surface area contributed by atoms with Gasteiger partial charge in [0.05, 0.1) is 17.8 Å². The van der Waals surface area contributed by atoms with Gasteiger partial charge >= 0.3 is 0 Å². The highest BCUT2D eigenvalue weighted by atomic mass is 35.5. The van der Waals surface area contributed by atoms with Gasteiger partial charge in [-0.3, -0.25) is 4.79 Å². The standard InChI is InChI=1S/C18H16ClN3O2/c1-12-16(18(24)20-14-8-5-9-15(23)10-14)17(19)22(21-12)11-13-6-3-2-4-7-13/h2-10,23H,11H2,1H3,(H,20,24). The van der Waals surface area contributed by atoms with Crippen molar-refractivity contribution in [3.05, 3.63) is 76.6 Å². The molecule has 0 bridgehead atoms. The molecule has 0 atom stereocenters. The summed E-state index contributed by atoms with van der Waals surface area (Å²) >= 11 is 6.36. The van der Waals surface area contributed by atoms with E-state index in [1.807, 2.05) is 30.3 Å². The number of phenols is 1. The van der Waals surface area contributed by atoms with Crippen LogP contribution in [-0.4, -0.2) is 20.8 Å². The average molecular weight is 342 g/mol. The van der Waals surface area contributed by atoms with Crippen molar-refractivity contribution in [3.8, 4) is 5.75 Å². The van der Waals surface area contributed by atoms with Crippen molar-refractivity contribution >= 4 is 23.2 Å². The van der Waals surface area contributed by atoms with Crippen LogP contribution in [0.3, 0.4) is 0 Å². The van der Waals surface area contributed by atoms with Crippen LogP contribution in [0.15, 0.2) is 54.6 Å². The molecule has 122 valence electrons. The van der Waals surface area contributed by atoms with Gasteiger partial charge in [0, 0.05) is 11.8 Å². The molecule has 0 aliphatic heterocycles. The normalized spacial score (nSPS) is 10.6. The highest BCUT2D eigenvalue weighted by molar-refractivity contribution is 6.33. The van der Waals surface area contributed by atoms with Gasteiger partial charge < -0.3 is 10.4 Å². The Labute approximate surface area is 144 Å². The molecule has 5 nitrogen and oxygen atoms in total. The summed E-state index contributed by atoms with van der Waals surface area (Å²) in [7, 11) is 0. The molecule has 0 spiro atoms. The van der Waals surface area contributed by atoms with E-state index in [-0.39, 0.29) is 16.8 Å². The monoisotopic (exact) mass is 341 g/mol. The molecule has 3 rings (SSSR count). The van der Waals surface area contributed by atoms with Crippen molar-refractivity contribution in [3.63, 3.8) is 0 Å². The zero-order valence-electron chi connectivity index (χ0n) is 13.0. The van der Waals surface area contributed by atoms with Crippen LogP contribution < -0.4 is 5.32 Å². The first-order valence-corrected chi connectivity index (χ1v) is 7.79. The molecule has 6 heteroatoms. The maximum atomic E-state index is 12.5. The van der Waals surface area contributed by atoms with E-state index in [2.05, 4.69) is 10.4 Å². The number of carbonyl (C=O) groups excluding carboxylic acids is 1. The number of hydrogen-bond acceptors (Lipinski definition) is 3. The summed E-state index contributed by atoms with van der Waals surface area (Å²) in [6, 6.07) is 16.1. The van der Waals surface area contributed by atoms with Gasteiger partial charge in [0.25, 0.3) is 5.91 Å². The largest absolute Gasteiger partial charge is 0.508 e. The number of amides is 1. The van der Waals surface area contributed by atoms with Crippen LogP contribution in [0.5, 0.6) is 5.75 Å². The summed E-state index contributed by atoms with van der Waals surface area (Å²) in [5, 5.41) is 16.8. The summed E-state index contributed by atoms with van der Waals surface area (Å²) in [6.07, 6.45) is 0. The molecule has 0 radical (unpaired) electrons. The van der Waals surface area contributed by atoms with Crippen LogP contribution in [-0.2, 0) is 6.54 Å². The summed E-state index contributed by atoms with van der Waals surface area (Å²) < 4.78 is 1.60. The van der Waals surface area contributed by atoms with E-state index in [0.717, 1.165) is 5.56 Å². The zero-order chi connectivity index (χ0) is 17.1. The highest BCUT2D eigenvalue weighted by Gasteiger charge is 2.20. The van der Waals surface area contributed by atoms with Gasteiger partial charge in [-0.05, 0) is 24.6 Å². The topological polar surface area (TPSA) is 67.2 Å². The van der Waals surface area contributed by atoms with Gasteiger partial charge in [0.1, 0.15) is 10.9 Å². The number of aryl methyl sites for hydroxylation is 1. The molecular weight excluding hydrogens is 326 g/mol. The number of hydrogen-bond donors (Lipinski definition) is 2. The molecule has 0 saturated heterocycles. The second-order valence-corrected chi connectivity index (χ2v) is 5.76. The van der Waals surface area contributed by atoms with Crippen LogP contribution in [0.25, 0.3) is 0 Å². The maximum absolute atomic E-state index is 12.5. The van der Waals surface area contributed by atoms with Crippen LogP contribution in [0.2, 0.25) is 5.15 Å². The molecule has 0 unspecified atom stereocenters. The van der Waals surface area contributed by atoms with Crippen LogP contribution in [0.4, 0.5) is 5.69 Å². The van der Waals surface area contributed by atoms with Crippen molar-refractivity contribution in [2.45, 2.75) is 13.5 Å². The van der Waals surface area contributed by atoms with E-state index in [1.54, 1.807) is 23.7 Å². The van der Waals surface area contributed by atoms with Crippen LogP contribution >= 0.6 is 11.6 Å². The second kappa shape index (κ2) is 6.76. The summed E-state index contributed by atoms with van der Waals surface area (Å²) in [6.45, 7) is 2.23. The summed E-state index contributed by atoms with van der Waals surface area (Å²) in [5.74, 6) is -0.280. The lowest BCUT2D eigenvalue weighted by Gasteiger charge is -2.06. The Morgan fingerprint density at radius 1 is 1.21 bits per heavy atom. The molecule has 2 N–H and O–H groups in total. The quantitative estimate of drug-likeness (QED) is 0.757. The van der Waals surface area contributed by atoms with E-state index >= 15 is 0 Å². The molecule has 0 aliphatic rings. The van der Waals surface area contributed by atoms with E-state index in [1.165, 1.54) is 12.1 Å². The Bertz CT molecular complexity index is 875. The zero-order valence-corrected chi connectivity index (χ0v) is 13.8. The number of rotatable bonds is 4. The Morgan fingerprint density at radius 2 is 1.96 bits per heavy atom. The molecule has 0 fully saturated rings. The molecule has 1 aromatic heterocycles. The second-order valence-electron chi connectivity index (χ2n) is 5.40. The molecule has 1 amide bonds. The molecule has 24 heavy (non-hydrogen) atoms.